The molecule has 1 aromatic carbocycles. The Morgan fingerprint density at radius 3 is 2.79 bits per heavy atom. The fraction of sp³-hybridized carbons (Fsp3) is 0.500. The molecule has 0 spiro atoms. The van der Waals surface area contributed by atoms with Crippen LogP contribution in [0.15, 0.2) is 24.3 Å². The highest BCUT2D eigenvalue weighted by Gasteiger charge is 2.30. The van der Waals surface area contributed by atoms with Gasteiger partial charge in [0.25, 0.3) is 0 Å². The molecule has 0 aliphatic carbocycles. The van der Waals surface area contributed by atoms with E-state index in [0.717, 1.165) is 5.56 Å². The van der Waals surface area contributed by atoms with Crippen LogP contribution in [0.1, 0.15) is 31.7 Å². The van der Waals surface area contributed by atoms with Crippen molar-refractivity contribution >= 4 is 5.97 Å². The average Bonchev–Trinajstić information content (AvgIpc) is 2.43. The second-order valence-corrected chi connectivity index (χ2v) is 4.57. The van der Waals surface area contributed by atoms with Crippen LogP contribution in [-0.2, 0) is 11.4 Å². The van der Waals surface area contributed by atoms with E-state index in [0.29, 0.717) is 31.6 Å². The van der Waals surface area contributed by atoms with Crippen LogP contribution in [0.2, 0.25) is 0 Å². The molecule has 19 heavy (non-hydrogen) atoms. The van der Waals surface area contributed by atoms with Gasteiger partial charge in [0.05, 0.1) is 13.2 Å². The third-order valence-electron chi connectivity index (χ3n) is 3.17. The van der Waals surface area contributed by atoms with Crippen LogP contribution in [0.25, 0.3) is 0 Å². The van der Waals surface area contributed by atoms with Crippen LogP contribution in [0, 0.1) is 0 Å². The molecule has 106 valence electrons. The van der Waals surface area contributed by atoms with Crippen molar-refractivity contribution in [3.63, 3.8) is 0 Å². The van der Waals surface area contributed by atoms with Gasteiger partial charge in [0.2, 0.25) is 0 Å². The van der Waals surface area contributed by atoms with Gasteiger partial charge in [-0.15, -0.1) is 0 Å². The molecule has 4 N–H and O–H groups in total. The summed E-state index contributed by atoms with van der Waals surface area (Å²) in [5, 5.41) is 18.0. The van der Waals surface area contributed by atoms with Crippen molar-refractivity contribution in [1.29, 1.82) is 0 Å². The normalized spacial score (nSPS) is 13.8. The minimum atomic E-state index is -1.17. The minimum absolute atomic E-state index is 0.0298. The Kier molecular flexibility index (Phi) is 5.79. The van der Waals surface area contributed by atoms with Gasteiger partial charge >= 0.3 is 5.97 Å². The van der Waals surface area contributed by atoms with Crippen molar-refractivity contribution < 1.29 is 19.7 Å². The number of carboxylic acids is 1. The van der Waals surface area contributed by atoms with Crippen molar-refractivity contribution in [1.82, 2.24) is 0 Å². The number of aliphatic carboxylic acids is 1. The van der Waals surface area contributed by atoms with Crippen LogP contribution >= 0.6 is 0 Å². The summed E-state index contributed by atoms with van der Waals surface area (Å²) in [6.07, 6.45) is 1.33. The molecule has 0 amide bonds. The minimum Gasteiger partial charge on any atom is -0.494 e. The number of aliphatic hydroxyl groups is 1. The maximum absolute atomic E-state index is 11.0. The van der Waals surface area contributed by atoms with Gasteiger partial charge in [-0.05, 0) is 37.0 Å². The quantitative estimate of drug-likeness (QED) is 0.621. The van der Waals surface area contributed by atoms with Crippen LogP contribution in [-0.4, -0.2) is 28.3 Å². The molecule has 0 radical (unpaired) electrons. The highest BCUT2D eigenvalue weighted by Crippen LogP contribution is 2.17. The fourth-order valence-corrected chi connectivity index (χ4v) is 1.75. The number of nitrogens with two attached hydrogens (primary N) is 1. The van der Waals surface area contributed by atoms with E-state index in [1.54, 1.807) is 31.2 Å². The Morgan fingerprint density at radius 2 is 2.21 bits per heavy atom. The van der Waals surface area contributed by atoms with Crippen molar-refractivity contribution in [3.8, 4) is 5.75 Å². The predicted octanol–water partition coefficient (Wildman–Crippen LogP) is 1.53. The molecule has 0 bridgehead atoms. The second kappa shape index (κ2) is 7.11. The molecule has 0 fully saturated rings. The molecular weight excluding hydrogens is 246 g/mol. The molecule has 0 saturated carbocycles. The van der Waals surface area contributed by atoms with Crippen LogP contribution in [0.3, 0.4) is 0 Å². The van der Waals surface area contributed by atoms with Crippen molar-refractivity contribution in [2.24, 2.45) is 5.73 Å². The summed E-state index contributed by atoms with van der Waals surface area (Å²) in [5.41, 5.74) is 5.39. The Morgan fingerprint density at radius 1 is 1.47 bits per heavy atom. The van der Waals surface area contributed by atoms with Gasteiger partial charge in [-0.1, -0.05) is 19.1 Å². The average molecular weight is 267 g/mol. The molecule has 1 rings (SSSR count). The fourth-order valence-electron chi connectivity index (χ4n) is 1.75. The van der Waals surface area contributed by atoms with E-state index < -0.39 is 11.5 Å². The summed E-state index contributed by atoms with van der Waals surface area (Å²) in [6.45, 7) is 2.14. The lowest BCUT2D eigenvalue weighted by atomic mass is 9.92. The van der Waals surface area contributed by atoms with E-state index in [4.69, 9.17) is 20.7 Å². The monoisotopic (exact) mass is 267 g/mol. The van der Waals surface area contributed by atoms with Gasteiger partial charge in [0.1, 0.15) is 11.3 Å². The summed E-state index contributed by atoms with van der Waals surface area (Å²) in [6, 6.07) is 7.16. The first-order chi connectivity index (χ1) is 9.01. The van der Waals surface area contributed by atoms with Crippen LogP contribution < -0.4 is 10.5 Å². The Balaban J connectivity index is 2.40. The first kappa shape index (κ1) is 15.5. The molecule has 1 atom stereocenters. The summed E-state index contributed by atoms with van der Waals surface area (Å²) in [7, 11) is 0. The molecule has 1 aromatic rings. The zero-order valence-electron chi connectivity index (χ0n) is 11.1. The second-order valence-electron chi connectivity index (χ2n) is 4.57. The SMILES string of the molecule is CCC(N)(CCCOc1cccc(CO)c1)C(=O)O. The molecule has 0 aliphatic heterocycles. The molecule has 5 heteroatoms. The summed E-state index contributed by atoms with van der Waals surface area (Å²) < 4.78 is 5.51. The van der Waals surface area contributed by atoms with Gasteiger partial charge in [-0.25, -0.2) is 0 Å². The first-order valence-corrected chi connectivity index (χ1v) is 6.36. The van der Waals surface area contributed by atoms with E-state index in [-0.39, 0.29) is 6.61 Å². The molecule has 0 aromatic heterocycles. The van der Waals surface area contributed by atoms with E-state index in [1.165, 1.54) is 0 Å². The molecule has 0 heterocycles. The lowest BCUT2D eigenvalue weighted by Crippen LogP contribution is -2.47. The van der Waals surface area contributed by atoms with Crippen molar-refractivity contribution in [3.05, 3.63) is 29.8 Å². The molecular formula is C14H21NO4. The topological polar surface area (TPSA) is 92.8 Å². The van der Waals surface area contributed by atoms with Gasteiger partial charge in [0, 0.05) is 0 Å². The lowest BCUT2D eigenvalue weighted by molar-refractivity contribution is -0.143. The zero-order valence-corrected chi connectivity index (χ0v) is 11.1. The number of rotatable bonds is 8. The van der Waals surface area contributed by atoms with E-state index in [2.05, 4.69) is 0 Å². The van der Waals surface area contributed by atoms with Gasteiger partial charge in [0.15, 0.2) is 0 Å². The largest absolute Gasteiger partial charge is 0.494 e. The number of carbonyl (C=O) groups is 1. The Hall–Kier alpha value is -1.59. The number of hydrogen-bond donors (Lipinski definition) is 3. The van der Waals surface area contributed by atoms with E-state index >= 15 is 0 Å². The first-order valence-electron chi connectivity index (χ1n) is 6.36. The Labute approximate surface area is 113 Å². The van der Waals surface area contributed by atoms with Crippen LogP contribution in [0.5, 0.6) is 5.75 Å². The van der Waals surface area contributed by atoms with Crippen molar-refractivity contribution in [2.45, 2.75) is 38.3 Å². The zero-order chi connectivity index (χ0) is 14.3. The molecule has 1 unspecified atom stereocenters. The number of aliphatic hydroxyl groups excluding tert-OH is 1. The number of carboxylic acid groups (broad SMARTS) is 1. The van der Waals surface area contributed by atoms with Gasteiger partial charge < -0.3 is 20.7 Å². The third-order valence-corrected chi connectivity index (χ3v) is 3.17. The standard InChI is InChI=1S/C14H21NO4/c1-2-14(15,13(17)18)7-4-8-19-12-6-3-5-11(9-12)10-16/h3,5-6,9,16H,2,4,7-8,10,15H2,1H3,(H,17,18). The lowest BCUT2D eigenvalue weighted by Gasteiger charge is -2.22. The summed E-state index contributed by atoms with van der Waals surface area (Å²) in [4.78, 5) is 11.0. The Bertz CT molecular complexity index is 422. The molecule has 5 nitrogen and oxygen atoms in total. The maximum atomic E-state index is 11.0. The molecule has 0 aliphatic rings. The maximum Gasteiger partial charge on any atom is 0.323 e. The van der Waals surface area contributed by atoms with Crippen molar-refractivity contribution in [2.75, 3.05) is 6.61 Å². The number of ether oxygens (including phenoxy) is 1. The number of hydrogen-bond acceptors (Lipinski definition) is 4. The van der Waals surface area contributed by atoms with E-state index in [1.807, 2.05) is 0 Å². The van der Waals surface area contributed by atoms with Crippen LogP contribution in [0.4, 0.5) is 0 Å². The highest BCUT2D eigenvalue weighted by atomic mass is 16.5. The smallest absolute Gasteiger partial charge is 0.323 e. The predicted molar refractivity (Wildman–Crippen MR) is 71.9 cm³/mol. The van der Waals surface area contributed by atoms with Gasteiger partial charge in [-0.2, -0.15) is 0 Å². The summed E-state index contributed by atoms with van der Waals surface area (Å²) >= 11 is 0. The molecule has 0 saturated heterocycles. The third kappa shape index (κ3) is 4.54. The summed E-state index contributed by atoms with van der Waals surface area (Å²) in [5.74, 6) is -0.307. The highest BCUT2D eigenvalue weighted by molar-refractivity contribution is 5.78. The number of benzene rings is 1. The van der Waals surface area contributed by atoms with Gasteiger partial charge in [-0.3, -0.25) is 4.79 Å². The van der Waals surface area contributed by atoms with E-state index in [9.17, 15) is 4.79 Å².